The van der Waals surface area contributed by atoms with Gasteiger partial charge in [0.25, 0.3) is 0 Å². The quantitative estimate of drug-likeness (QED) is 0.0897. The standard InChI is InChI=1S/C40H62F2N6O5P2/c1-10-23(7)33(45-24(8)29-30(41)36(55)34(49)31(42)35(29)54)40(53)47-28(18-17-26-15-13-12-14-16-26)38(51)46-27(19-21(3)4)20-44-25(9)37(50)48-32(22(5)6)39(52)43-11-2/h12-16,21-23,25,27-28,32-33,44-45,49H,8,10-11,17-20,54-55H2,1-7,9H3,(H,43,52)(H,46,51)(H,47,53)(H,48,50)/t23-,25-,27?,28-,32?,33?/m0/s1. The third kappa shape index (κ3) is 14.1. The largest absolute Gasteiger partial charge is 0.504 e. The number of halogens is 2. The van der Waals surface area contributed by atoms with Crippen LogP contribution in [0.25, 0.3) is 5.70 Å². The molecule has 55 heavy (non-hydrogen) atoms. The van der Waals surface area contributed by atoms with Crippen LogP contribution in [-0.4, -0.2) is 72.0 Å². The van der Waals surface area contributed by atoms with E-state index in [4.69, 9.17) is 0 Å². The molecule has 0 bridgehead atoms. The molecule has 0 spiro atoms. The number of aromatic hydroxyl groups is 1. The van der Waals surface area contributed by atoms with Crippen LogP contribution in [0.4, 0.5) is 8.78 Å². The second-order valence-corrected chi connectivity index (χ2v) is 16.0. The second kappa shape index (κ2) is 22.8. The highest BCUT2D eigenvalue weighted by Gasteiger charge is 2.32. The summed E-state index contributed by atoms with van der Waals surface area (Å²) in [5.74, 6) is -4.62. The molecule has 0 aliphatic rings. The fourth-order valence-corrected chi connectivity index (χ4v) is 6.74. The molecule has 0 fully saturated rings. The van der Waals surface area contributed by atoms with Crippen molar-refractivity contribution in [3.05, 3.63) is 59.7 Å². The van der Waals surface area contributed by atoms with Crippen molar-refractivity contribution >= 4 is 58.4 Å². The zero-order valence-corrected chi connectivity index (χ0v) is 35.8. The maximum Gasteiger partial charge on any atom is 0.243 e. The minimum Gasteiger partial charge on any atom is -0.504 e. The molecule has 15 heteroatoms. The lowest BCUT2D eigenvalue weighted by Gasteiger charge is -2.30. The number of hydrogen-bond acceptors (Lipinski definition) is 7. The number of carbonyl (C=O) groups excluding carboxylic acids is 4. The molecule has 2 rings (SSSR count). The number of amides is 4. The molecule has 0 aliphatic heterocycles. The number of phenolic OH excluding ortho intramolecular Hbond substituents is 1. The van der Waals surface area contributed by atoms with E-state index in [-0.39, 0.29) is 64.4 Å². The predicted molar refractivity (Wildman–Crippen MR) is 223 cm³/mol. The molecule has 4 amide bonds. The molecular formula is C40H62F2N6O5P2. The topological polar surface area (TPSA) is 161 Å². The Bertz CT molecular complexity index is 1600. The molecule has 11 nitrogen and oxygen atoms in total. The van der Waals surface area contributed by atoms with E-state index in [1.807, 2.05) is 88.0 Å². The van der Waals surface area contributed by atoms with E-state index in [1.54, 1.807) is 6.92 Å². The summed E-state index contributed by atoms with van der Waals surface area (Å²) in [7, 11) is 4.05. The molecule has 2 aromatic rings. The highest BCUT2D eigenvalue weighted by atomic mass is 31.0. The number of phenols is 1. The Morgan fingerprint density at radius 1 is 0.800 bits per heavy atom. The fourth-order valence-electron chi connectivity index (χ4n) is 6.03. The van der Waals surface area contributed by atoms with Gasteiger partial charge in [0.05, 0.1) is 11.3 Å². The summed E-state index contributed by atoms with van der Waals surface area (Å²) in [6, 6.07) is 5.79. The monoisotopic (exact) mass is 806 g/mol. The van der Waals surface area contributed by atoms with Crippen LogP contribution in [0.5, 0.6) is 5.75 Å². The Kier molecular flexibility index (Phi) is 19.7. The van der Waals surface area contributed by atoms with Crippen molar-refractivity contribution < 1.29 is 33.1 Å². The van der Waals surface area contributed by atoms with Crippen molar-refractivity contribution in [3.63, 3.8) is 0 Å². The van der Waals surface area contributed by atoms with Crippen LogP contribution in [0.1, 0.15) is 85.8 Å². The van der Waals surface area contributed by atoms with E-state index in [0.29, 0.717) is 25.8 Å². The second-order valence-electron chi connectivity index (χ2n) is 14.8. The van der Waals surface area contributed by atoms with Crippen molar-refractivity contribution in [2.24, 2.45) is 17.8 Å². The molecule has 0 saturated carbocycles. The number of rotatable bonds is 22. The first kappa shape index (κ1) is 47.5. The molecule has 0 radical (unpaired) electrons. The summed E-state index contributed by atoms with van der Waals surface area (Å²) in [5, 5.41) is 27.2. The van der Waals surface area contributed by atoms with Crippen molar-refractivity contribution in [2.45, 2.75) is 111 Å². The number of nitrogens with one attached hydrogen (secondary N) is 6. The highest BCUT2D eigenvalue weighted by molar-refractivity contribution is 7.29. The van der Waals surface area contributed by atoms with E-state index in [9.17, 15) is 28.7 Å². The van der Waals surface area contributed by atoms with Crippen LogP contribution in [0, 0.1) is 29.4 Å². The van der Waals surface area contributed by atoms with E-state index in [2.05, 4.69) is 47.7 Å². The molecule has 306 valence electrons. The Morgan fingerprint density at radius 2 is 1.44 bits per heavy atom. The maximum atomic E-state index is 15.3. The first-order chi connectivity index (χ1) is 25.8. The molecule has 8 atom stereocenters. The number of carbonyl (C=O) groups is 4. The summed E-state index contributed by atoms with van der Waals surface area (Å²) in [6.45, 7) is 19.5. The van der Waals surface area contributed by atoms with Gasteiger partial charge in [0.15, 0.2) is 11.6 Å². The lowest BCUT2D eigenvalue weighted by atomic mass is 9.96. The van der Waals surface area contributed by atoms with Crippen LogP contribution >= 0.6 is 18.5 Å². The maximum absolute atomic E-state index is 15.3. The first-order valence-corrected chi connectivity index (χ1v) is 20.2. The molecule has 5 unspecified atom stereocenters. The van der Waals surface area contributed by atoms with Gasteiger partial charge in [-0.2, -0.15) is 0 Å². The van der Waals surface area contributed by atoms with E-state index in [1.165, 1.54) is 0 Å². The minimum absolute atomic E-state index is 0.0669. The van der Waals surface area contributed by atoms with Gasteiger partial charge in [-0.3, -0.25) is 19.2 Å². The Hall–Kier alpha value is -3.66. The van der Waals surface area contributed by atoms with Crippen LogP contribution < -0.4 is 42.5 Å². The lowest BCUT2D eigenvalue weighted by Crippen LogP contribution is -2.57. The summed E-state index contributed by atoms with van der Waals surface area (Å²) in [4.78, 5) is 53.8. The number of likely N-dealkylation sites (N-methyl/N-ethyl adjacent to an activating group) is 1. The molecular weight excluding hydrogens is 744 g/mol. The zero-order chi connectivity index (χ0) is 41.6. The van der Waals surface area contributed by atoms with Crippen LogP contribution in [0.3, 0.4) is 0 Å². The Labute approximate surface area is 330 Å². The van der Waals surface area contributed by atoms with Gasteiger partial charge in [0, 0.05) is 35.7 Å². The lowest BCUT2D eigenvalue weighted by molar-refractivity contribution is -0.131. The Morgan fingerprint density at radius 3 is 2.00 bits per heavy atom. The molecule has 0 aromatic heterocycles. The average molecular weight is 807 g/mol. The van der Waals surface area contributed by atoms with Crippen molar-refractivity contribution in [2.75, 3.05) is 13.1 Å². The van der Waals surface area contributed by atoms with Crippen molar-refractivity contribution in [1.29, 1.82) is 0 Å². The predicted octanol–water partition coefficient (Wildman–Crippen LogP) is 3.55. The summed E-state index contributed by atoms with van der Waals surface area (Å²) in [5.41, 5.74) is 0.668. The summed E-state index contributed by atoms with van der Waals surface area (Å²) < 4.78 is 30.1. The smallest absolute Gasteiger partial charge is 0.243 e. The van der Waals surface area contributed by atoms with Crippen molar-refractivity contribution in [1.82, 2.24) is 31.9 Å². The van der Waals surface area contributed by atoms with Gasteiger partial charge in [0.2, 0.25) is 23.6 Å². The minimum atomic E-state index is -1.03. The van der Waals surface area contributed by atoms with Gasteiger partial charge in [-0.15, -0.1) is 9.24 Å². The van der Waals surface area contributed by atoms with Gasteiger partial charge in [0.1, 0.15) is 23.9 Å². The summed E-state index contributed by atoms with van der Waals surface area (Å²) >= 11 is 0. The molecule has 0 heterocycles. The van der Waals surface area contributed by atoms with Crippen molar-refractivity contribution in [3.8, 4) is 5.75 Å². The zero-order valence-electron chi connectivity index (χ0n) is 33.4. The van der Waals surface area contributed by atoms with E-state index < -0.39 is 59.4 Å². The molecule has 2 aromatic carbocycles. The number of hydrogen-bond donors (Lipinski definition) is 7. The molecule has 0 saturated heterocycles. The highest BCUT2D eigenvalue weighted by Crippen LogP contribution is 2.25. The SMILES string of the molecule is C=C(NC(C(=O)N[C@@H](CCc1ccccc1)C(=O)NC(CN[C@@H](C)C(=O)NC(C(=O)NCC)C(C)C)CC(C)C)[C@@H](C)CC)c1c(F)c(P)c(O)c(F)c1P. The van der Waals surface area contributed by atoms with Gasteiger partial charge < -0.3 is 37.0 Å². The molecule has 7 N–H and O–H groups in total. The number of aryl methyl sites for hydroxylation is 1. The third-order valence-corrected chi connectivity index (χ3v) is 10.6. The van der Waals surface area contributed by atoms with Crippen LogP contribution in [0.2, 0.25) is 0 Å². The summed E-state index contributed by atoms with van der Waals surface area (Å²) in [6.07, 6.45) is 1.84. The normalized spacial score (nSPS) is 14.7. The van der Waals surface area contributed by atoms with E-state index in [0.717, 1.165) is 5.56 Å². The van der Waals surface area contributed by atoms with Crippen LogP contribution in [0.15, 0.2) is 36.9 Å². The van der Waals surface area contributed by atoms with Crippen LogP contribution in [-0.2, 0) is 25.6 Å². The van der Waals surface area contributed by atoms with Gasteiger partial charge in [-0.25, -0.2) is 8.78 Å². The van der Waals surface area contributed by atoms with E-state index >= 15 is 4.39 Å². The fraction of sp³-hybridized carbons (Fsp3) is 0.550. The Balaban J connectivity index is 2.33. The average Bonchev–Trinajstić information content (AvgIpc) is 3.14. The first-order valence-electron chi connectivity index (χ1n) is 19.0. The van der Waals surface area contributed by atoms with Gasteiger partial charge in [-0.1, -0.05) is 94.1 Å². The van der Waals surface area contributed by atoms with Gasteiger partial charge in [-0.05, 0) is 56.4 Å². The molecule has 0 aliphatic carbocycles. The van der Waals surface area contributed by atoms with Gasteiger partial charge >= 0.3 is 0 Å². The third-order valence-electron chi connectivity index (χ3n) is 9.51. The number of benzene rings is 2.